The van der Waals surface area contributed by atoms with Gasteiger partial charge in [-0.1, -0.05) is 12.1 Å². The monoisotopic (exact) mass is 405 g/mol. The molecule has 0 bridgehead atoms. The Balaban J connectivity index is 1.32. The number of pyridine rings is 2. The number of aromatic nitrogens is 3. The van der Waals surface area contributed by atoms with Gasteiger partial charge in [0.1, 0.15) is 5.65 Å². The van der Waals surface area contributed by atoms with E-state index in [2.05, 4.69) is 68.1 Å². The van der Waals surface area contributed by atoms with Gasteiger partial charge < -0.3 is 15.0 Å². The average molecular weight is 406 g/mol. The van der Waals surface area contributed by atoms with E-state index in [-0.39, 0.29) is 0 Å². The zero-order valence-electron chi connectivity index (χ0n) is 17.9. The van der Waals surface area contributed by atoms with Gasteiger partial charge in [0.25, 0.3) is 0 Å². The minimum Gasteiger partial charge on any atom is -0.357 e. The van der Waals surface area contributed by atoms with Crippen molar-refractivity contribution in [1.29, 1.82) is 0 Å². The highest BCUT2D eigenvalue weighted by atomic mass is 15.2. The number of hydrogen-bond donors (Lipinski definition) is 2. The van der Waals surface area contributed by atoms with Crippen molar-refractivity contribution >= 4 is 11.6 Å². The summed E-state index contributed by atoms with van der Waals surface area (Å²) >= 11 is 0. The topological polar surface area (TPSA) is 69.8 Å². The fraction of sp³-hybridized carbons (Fsp3) is 0.435. The van der Waals surface area contributed by atoms with E-state index in [4.69, 9.17) is 4.99 Å². The van der Waals surface area contributed by atoms with Crippen LogP contribution in [0.25, 0.3) is 5.65 Å². The molecule has 7 nitrogen and oxygen atoms in total. The molecule has 0 unspecified atom stereocenters. The lowest BCUT2D eigenvalue weighted by molar-refractivity contribution is 0.196. The molecule has 0 aliphatic carbocycles. The molecule has 3 aromatic heterocycles. The lowest BCUT2D eigenvalue weighted by Gasteiger charge is -2.32. The second-order valence-electron chi connectivity index (χ2n) is 7.84. The van der Waals surface area contributed by atoms with Gasteiger partial charge in [0.2, 0.25) is 0 Å². The molecule has 1 aliphatic rings. The van der Waals surface area contributed by atoms with Crippen LogP contribution in [0.1, 0.15) is 36.8 Å². The molecule has 0 spiro atoms. The number of likely N-dealkylation sites (tertiary alicyclic amines) is 1. The molecule has 0 aromatic carbocycles. The highest BCUT2D eigenvalue weighted by molar-refractivity contribution is 5.80. The lowest BCUT2D eigenvalue weighted by atomic mass is 10.0. The molecule has 2 N–H and O–H groups in total. The van der Waals surface area contributed by atoms with E-state index in [0.29, 0.717) is 12.6 Å². The second-order valence-corrected chi connectivity index (χ2v) is 7.84. The summed E-state index contributed by atoms with van der Waals surface area (Å²) in [6, 6.07) is 12.7. The van der Waals surface area contributed by atoms with Crippen LogP contribution in [-0.4, -0.2) is 50.9 Å². The smallest absolute Gasteiger partial charge is 0.191 e. The van der Waals surface area contributed by atoms with Crippen molar-refractivity contribution in [3.05, 3.63) is 65.9 Å². The maximum Gasteiger partial charge on any atom is 0.191 e. The number of nitrogens with zero attached hydrogens (tertiary/aromatic N) is 5. The van der Waals surface area contributed by atoms with E-state index in [1.54, 1.807) is 0 Å². The molecule has 1 fully saturated rings. The van der Waals surface area contributed by atoms with Crippen molar-refractivity contribution in [3.63, 3.8) is 0 Å². The molecule has 0 atom stereocenters. The Morgan fingerprint density at radius 3 is 2.73 bits per heavy atom. The molecule has 0 saturated carbocycles. The zero-order chi connectivity index (χ0) is 20.8. The third-order valence-electron chi connectivity index (χ3n) is 5.53. The molecule has 4 heterocycles. The van der Waals surface area contributed by atoms with Crippen molar-refractivity contribution in [2.24, 2.45) is 4.99 Å². The zero-order valence-corrected chi connectivity index (χ0v) is 17.9. The van der Waals surface area contributed by atoms with E-state index in [0.717, 1.165) is 62.0 Å². The normalized spacial score (nSPS) is 16.1. The summed E-state index contributed by atoms with van der Waals surface area (Å²) in [6.45, 7) is 8.66. The first-order valence-electron chi connectivity index (χ1n) is 10.8. The first kappa shape index (κ1) is 20.3. The van der Waals surface area contributed by atoms with Gasteiger partial charge in [-0.05, 0) is 51.0 Å². The van der Waals surface area contributed by atoms with Crippen molar-refractivity contribution in [2.45, 2.75) is 45.8 Å². The summed E-state index contributed by atoms with van der Waals surface area (Å²) in [5.41, 5.74) is 4.27. The summed E-state index contributed by atoms with van der Waals surface area (Å²) in [6.07, 6.45) is 6.15. The number of hydrogen-bond acceptors (Lipinski definition) is 4. The minimum absolute atomic E-state index is 0.436. The molecule has 0 amide bonds. The van der Waals surface area contributed by atoms with Gasteiger partial charge in [-0.2, -0.15) is 0 Å². The molecule has 158 valence electrons. The van der Waals surface area contributed by atoms with Crippen molar-refractivity contribution < 1.29 is 0 Å². The quantitative estimate of drug-likeness (QED) is 0.488. The molecule has 30 heavy (non-hydrogen) atoms. The first-order chi connectivity index (χ1) is 14.7. The maximum atomic E-state index is 4.78. The standard InChI is InChI=1S/C23H31N7/c1-3-24-23(26-15-21-17-30-18(2)7-6-9-22(30)27-21)28-19-10-13-29(14-11-19)16-20-8-4-5-12-25-20/h4-9,12,17,19H,3,10-11,13-16H2,1-2H3,(H2,24,26,28). The maximum absolute atomic E-state index is 4.78. The number of nitrogens with one attached hydrogen (secondary N) is 2. The van der Waals surface area contributed by atoms with Gasteiger partial charge in [0.15, 0.2) is 5.96 Å². The van der Waals surface area contributed by atoms with Crippen LogP contribution in [0.4, 0.5) is 0 Å². The second kappa shape index (κ2) is 9.71. The van der Waals surface area contributed by atoms with Crippen LogP contribution >= 0.6 is 0 Å². The van der Waals surface area contributed by atoms with Crippen LogP contribution in [0.3, 0.4) is 0 Å². The third-order valence-corrected chi connectivity index (χ3v) is 5.53. The van der Waals surface area contributed by atoms with E-state index in [1.165, 1.54) is 5.69 Å². The van der Waals surface area contributed by atoms with E-state index in [1.807, 2.05) is 24.4 Å². The van der Waals surface area contributed by atoms with Gasteiger partial charge in [0, 0.05) is 50.3 Å². The summed E-state index contributed by atoms with van der Waals surface area (Å²) in [7, 11) is 0. The highest BCUT2D eigenvalue weighted by Gasteiger charge is 2.20. The molecule has 1 aliphatic heterocycles. The Hall–Kier alpha value is -2.93. The number of piperidine rings is 1. The summed E-state index contributed by atoms with van der Waals surface area (Å²) in [5, 5.41) is 7.00. The molecule has 3 aromatic rings. The largest absolute Gasteiger partial charge is 0.357 e. The highest BCUT2D eigenvalue weighted by Crippen LogP contribution is 2.13. The summed E-state index contributed by atoms with van der Waals surface area (Å²) in [4.78, 5) is 16.4. The fourth-order valence-corrected chi connectivity index (χ4v) is 3.90. The summed E-state index contributed by atoms with van der Waals surface area (Å²) < 4.78 is 2.11. The van der Waals surface area contributed by atoms with Crippen LogP contribution in [-0.2, 0) is 13.1 Å². The fourth-order valence-electron chi connectivity index (χ4n) is 3.90. The predicted molar refractivity (Wildman–Crippen MR) is 120 cm³/mol. The van der Waals surface area contributed by atoms with E-state index >= 15 is 0 Å². The third kappa shape index (κ3) is 5.16. The number of imidazole rings is 1. The predicted octanol–water partition coefficient (Wildman–Crippen LogP) is 2.76. The van der Waals surface area contributed by atoms with Gasteiger partial charge in [-0.25, -0.2) is 9.98 Å². The van der Waals surface area contributed by atoms with Gasteiger partial charge in [0.05, 0.1) is 17.9 Å². The SMILES string of the molecule is CCNC(=NCc1cn2c(C)cccc2n1)NC1CCN(Cc2ccccn2)CC1. The number of aryl methyl sites for hydroxylation is 1. The van der Waals surface area contributed by atoms with Crippen LogP contribution in [0.5, 0.6) is 0 Å². The van der Waals surface area contributed by atoms with Gasteiger partial charge in [-0.3, -0.25) is 9.88 Å². The molecule has 4 rings (SSSR count). The van der Waals surface area contributed by atoms with Crippen molar-refractivity contribution in [2.75, 3.05) is 19.6 Å². The summed E-state index contributed by atoms with van der Waals surface area (Å²) in [5.74, 6) is 0.870. The van der Waals surface area contributed by atoms with Crippen LogP contribution < -0.4 is 10.6 Å². The number of guanidine groups is 1. The van der Waals surface area contributed by atoms with E-state index < -0.39 is 0 Å². The van der Waals surface area contributed by atoms with Crippen molar-refractivity contribution in [1.82, 2.24) is 29.9 Å². The number of aliphatic imine (C=N–C) groups is 1. The van der Waals surface area contributed by atoms with Crippen LogP contribution in [0.2, 0.25) is 0 Å². The van der Waals surface area contributed by atoms with Crippen molar-refractivity contribution in [3.8, 4) is 0 Å². The average Bonchev–Trinajstić information content (AvgIpc) is 3.19. The Kier molecular flexibility index (Phi) is 6.59. The minimum atomic E-state index is 0.436. The number of rotatable bonds is 6. The first-order valence-corrected chi connectivity index (χ1v) is 10.8. The Morgan fingerprint density at radius 2 is 2.00 bits per heavy atom. The van der Waals surface area contributed by atoms with Crippen LogP contribution in [0.15, 0.2) is 53.8 Å². The lowest BCUT2D eigenvalue weighted by Crippen LogP contribution is -2.48. The molecular formula is C23H31N7. The molecule has 7 heteroatoms. The van der Waals surface area contributed by atoms with Gasteiger partial charge in [-0.15, -0.1) is 0 Å². The molecular weight excluding hydrogens is 374 g/mol. The van der Waals surface area contributed by atoms with Gasteiger partial charge >= 0.3 is 0 Å². The Labute approximate surface area is 178 Å². The number of fused-ring (bicyclic) bond motifs is 1. The Morgan fingerprint density at radius 1 is 1.13 bits per heavy atom. The Bertz CT molecular complexity index is 972. The molecule has 0 radical (unpaired) electrons. The van der Waals surface area contributed by atoms with E-state index in [9.17, 15) is 0 Å². The molecule has 1 saturated heterocycles. The van der Waals surface area contributed by atoms with Crippen LogP contribution in [0, 0.1) is 6.92 Å².